The minimum absolute atomic E-state index is 0.542. The van der Waals surface area contributed by atoms with E-state index in [1.165, 1.54) is 5.69 Å². The molecule has 1 unspecified atom stereocenters. The highest BCUT2D eigenvalue weighted by atomic mass is 32.1. The predicted octanol–water partition coefficient (Wildman–Crippen LogP) is 2.21. The summed E-state index contributed by atoms with van der Waals surface area (Å²) >= 11 is 1.66. The summed E-state index contributed by atoms with van der Waals surface area (Å²) in [5.41, 5.74) is 3.06. The van der Waals surface area contributed by atoms with Crippen LogP contribution in [0.1, 0.15) is 26.5 Å². The van der Waals surface area contributed by atoms with E-state index in [2.05, 4.69) is 48.4 Å². The average Bonchev–Trinajstić information content (AvgIpc) is 2.69. The molecular weight excluding hydrogens is 218 g/mol. The smallest absolute Gasteiger partial charge is 0.0795 e. The van der Waals surface area contributed by atoms with Crippen LogP contribution in [-0.4, -0.2) is 36.1 Å². The fraction of sp³-hybridized carbons (Fsp3) is 0.750. The summed E-state index contributed by atoms with van der Waals surface area (Å²) in [6.07, 6.45) is 0. The molecule has 1 aromatic heterocycles. The predicted molar refractivity (Wildman–Crippen MR) is 70.8 cm³/mol. The Hall–Kier alpha value is -0.450. The van der Waals surface area contributed by atoms with E-state index in [1.807, 2.05) is 5.51 Å². The van der Waals surface area contributed by atoms with Gasteiger partial charge in [-0.05, 0) is 26.4 Å². The summed E-state index contributed by atoms with van der Waals surface area (Å²) in [4.78, 5) is 6.64. The van der Waals surface area contributed by atoms with Crippen LogP contribution in [0.3, 0.4) is 0 Å². The van der Waals surface area contributed by atoms with Crippen molar-refractivity contribution in [2.24, 2.45) is 5.92 Å². The van der Waals surface area contributed by atoms with Crippen molar-refractivity contribution in [2.75, 3.05) is 20.1 Å². The zero-order chi connectivity index (χ0) is 12.0. The molecule has 3 nitrogen and oxygen atoms in total. The summed E-state index contributed by atoms with van der Waals surface area (Å²) in [7, 11) is 2.15. The van der Waals surface area contributed by atoms with Crippen molar-refractivity contribution in [3.63, 3.8) is 0 Å². The minimum atomic E-state index is 0.542. The monoisotopic (exact) mass is 241 g/mol. The Morgan fingerprint density at radius 2 is 2.12 bits per heavy atom. The van der Waals surface area contributed by atoms with Gasteiger partial charge < -0.3 is 5.32 Å². The topological polar surface area (TPSA) is 28.2 Å². The second-order valence-electron chi connectivity index (χ2n) is 4.80. The minimum Gasteiger partial charge on any atom is -0.315 e. The lowest BCUT2D eigenvalue weighted by Crippen LogP contribution is -2.38. The lowest BCUT2D eigenvalue weighted by molar-refractivity contribution is 0.239. The average molecular weight is 241 g/mol. The molecule has 1 heterocycles. The van der Waals surface area contributed by atoms with Crippen molar-refractivity contribution < 1.29 is 0 Å². The second-order valence-corrected chi connectivity index (χ2v) is 5.51. The van der Waals surface area contributed by atoms with Gasteiger partial charge in [-0.2, -0.15) is 0 Å². The van der Waals surface area contributed by atoms with Crippen LogP contribution in [0.25, 0.3) is 0 Å². The molecule has 0 saturated carbocycles. The van der Waals surface area contributed by atoms with Crippen LogP contribution in [-0.2, 0) is 6.54 Å². The molecule has 4 heteroatoms. The molecule has 0 aliphatic rings. The van der Waals surface area contributed by atoms with Gasteiger partial charge >= 0.3 is 0 Å². The molecular formula is C12H23N3S. The number of likely N-dealkylation sites (N-methyl/N-ethyl adjacent to an activating group) is 1. The maximum Gasteiger partial charge on any atom is 0.0795 e. The van der Waals surface area contributed by atoms with Crippen LogP contribution in [0.5, 0.6) is 0 Å². The number of thiazole rings is 1. The molecule has 0 bridgehead atoms. The third kappa shape index (κ3) is 5.05. The molecule has 0 aromatic carbocycles. The summed E-state index contributed by atoms with van der Waals surface area (Å²) in [5.74, 6) is 0.719. The largest absolute Gasteiger partial charge is 0.315 e. The van der Waals surface area contributed by atoms with Gasteiger partial charge in [0.05, 0.1) is 11.2 Å². The molecule has 16 heavy (non-hydrogen) atoms. The molecule has 0 fully saturated rings. The Balaban J connectivity index is 2.22. The highest BCUT2D eigenvalue weighted by Crippen LogP contribution is 2.06. The molecule has 92 valence electrons. The first-order chi connectivity index (χ1) is 7.59. The van der Waals surface area contributed by atoms with E-state index in [0.717, 1.165) is 25.6 Å². The first kappa shape index (κ1) is 13.6. The number of nitrogens with zero attached hydrogens (tertiary/aromatic N) is 2. The molecule has 0 amide bonds. The molecule has 1 rings (SSSR count). The van der Waals surface area contributed by atoms with Crippen LogP contribution >= 0.6 is 11.3 Å². The molecule has 0 radical (unpaired) electrons. The highest BCUT2D eigenvalue weighted by Gasteiger charge is 2.10. The van der Waals surface area contributed by atoms with Gasteiger partial charge in [0.15, 0.2) is 0 Å². The molecule has 0 saturated heterocycles. The fourth-order valence-corrected chi connectivity index (χ4v) is 2.01. The Morgan fingerprint density at radius 1 is 1.38 bits per heavy atom. The molecule has 0 spiro atoms. The van der Waals surface area contributed by atoms with Gasteiger partial charge in [-0.25, -0.2) is 4.98 Å². The van der Waals surface area contributed by atoms with Crippen molar-refractivity contribution in [2.45, 2.75) is 33.4 Å². The zero-order valence-electron chi connectivity index (χ0n) is 10.7. The summed E-state index contributed by atoms with van der Waals surface area (Å²) < 4.78 is 0. The quantitative estimate of drug-likeness (QED) is 0.793. The first-order valence-corrected chi connectivity index (χ1v) is 6.82. The zero-order valence-corrected chi connectivity index (χ0v) is 11.5. The van der Waals surface area contributed by atoms with Crippen LogP contribution in [0.2, 0.25) is 0 Å². The molecule has 1 N–H and O–H groups in total. The normalized spacial score (nSPS) is 13.6. The first-order valence-electron chi connectivity index (χ1n) is 5.87. The maximum atomic E-state index is 4.30. The van der Waals surface area contributed by atoms with Gasteiger partial charge in [-0.15, -0.1) is 11.3 Å². The Bertz CT molecular complexity index is 272. The van der Waals surface area contributed by atoms with Crippen LogP contribution in [0.15, 0.2) is 10.9 Å². The van der Waals surface area contributed by atoms with E-state index in [0.29, 0.717) is 6.04 Å². The van der Waals surface area contributed by atoms with E-state index in [-0.39, 0.29) is 0 Å². The Morgan fingerprint density at radius 3 is 2.69 bits per heavy atom. The van der Waals surface area contributed by atoms with Gasteiger partial charge in [-0.1, -0.05) is 13.8 Å². The molecule has 1 aromatic rings. The SMILES string of the molecule is CC(C)CNCC(C)N(C)Cc1cscn1. The third-order valence-corrected chi connectivity index (χ3v) is 3.27. The number of rotatable bonds is 7. The van der Waals surface area contributed by atoms with Crippen LogP contribution < -0.4 is 5.32 Å². The van der Waals surface area contributed by atoms with E-state index in [9.17, 15) is 0 Å². The van der Waals surface area contributed by atoms with Crippen molar-refractivity contribution >= 4 is 11.3 Å². The van der Waals surface area contributed by atoms with Gasteiger partial charge in [0, 0.05) is 24.5 Å². The third-order valence-electron chi connectivity index (χ3n) is 2.64. The summed E-state index contributed by atoms with van der Waals surface area (Å²) in [5, 5.41) is 5.60. The summed E-state index contributed by atoms with van der Waals surface area (Å²) in [6.45, 7) is 9.79. The van der Waals surface area contributed by atoms with Crippen LogP contribution in [0, 0.1) is 5.92 Å². The lowest BCUT2D eigenvalue weighted by atomic mass is 10.2. The molecule has 0 aliphatic carbocycles. The number of aromatic nitrogens is 1. The Labute approximate surface area is 103 Å². The van der Waals surface area contributed by atoms with E-state index >= 15 is 0 Å². The number of hydrogen-bond donors (Lipinski definition) is 1. The van der Waals surface area contributed by atoms with Crippen molar-refractivity contribution in [3.8, 4) is 0 Å². The van der Waals surface area contributed by atoms with Gasteiger partial charge in [0.2, 0.25) is 0 Å². The van der Waals surface area contributed by atoms with Gasteiger partial charge in [0.1, 0.15) is 0 Å². The lowest BCUT2D eigenvalue weighted by Gasteiger charge is -2.24. The van der Waals surface area contributed by atoms with Crippen molar-refractivity contribution in [1.82, 2.24) is 15.2 Å². The fourth-order valence-electron chi connectivity index (χ4n) is 1.46. The van der Waals surface area contributed by atoms with E-state index in [4.69, 9.17) is 0 Å². The highest BCUT2D eigenvalue weighted by molar-refractivity contribution is 7.07. The molecule has 1 atom stereocenters. The number of hydrogen-bond acceptors (Lipinski definition) is 4. The van der Waals surface area contributed by atoms with Crippen molar-refractivity contribution in [1.29, 1.82) is 0 Å². The number of nitrogens with one attached hydrogen (secondary N) is 1. The standard InChI is InChI=1S/C12H23N3S/c1-10(2)5-13-6-11(3)15(4)7-12-8-16-9-14-12/h8-11,13H,5-7H2,1-4H3. The van der Waals surface area contributed by atoms with Gasteiger partial charge in [-0.3, -0.25) is 4.90 Å². The Kier molecular flexibility index (Phi) is 5.95. The van der Waals surface area contributed by atoms with E-state index < -0.39 is 0 Å². The van der Waals surface area contributed by atoms with Crippen molar-refractivity contribution in [3.05, 3.63) is 16.6 Å². The van der Waals surface area contributed by atoms with Crippen LogP contribution in [0.4, 0.5) is 0 Å². The maximum absolute atomic E-state index is 4.30. The second kappa shape index (κ2) is 6.99. The summed E-state index contributed by atoms with van der Waals surface area (Å²) in [6, 6.07) is 0.542. The van der Waals surface area contributed by atoms with Gasteiger partial charge in [0.25, 0.3) is 0 Å². The van der Waals surface area contributed by atoms with E-state index in [1.54, 1.807) is 11.3 Å². The molecule has 0 aliphatic heterocycles.